The third kappa shape index (κ3) is 18.5. The monoisotopic (exact) mass is 355 g/mol. The van der Waals surface area contributed by atoms with E-state index in [0.29, 0.717) is 0 Å². The van der Waals surface area contributed by atoms with Crippen LogP contribution in [0.15, 0.2) is 0 Å². The van der Waals surface area contributed by atoms with Crippen LogP contribution in [0, 0.1) is 0 Å². The largest absolute Gasteiger partial charge is 0.358 e. The predicted octanol–water partition coefficient (Wildman–Crippen LogP) is 7.74. The summed E-state index contributed by atoms with van der Waals surface area (Å²) in [5.74, 6) is 0. The summed E-state index contributed by atoms with van der Waals surface area (Å²) in [5.41, 5.74) is 5.83. The van der Waals surface area contributed by atoms with Gasteiger partial charge in [0.1, 0.15) is 6.23 Å². The van der Waals surface area contributed by atoms with Crippen molar-refractivity contribution in [3.63, 3.8) is 0 Å². The Bertz CT molecular complexity index is 265. The summed E-state index contributed by atoms with van der Waals surface area (Å²) < 4.78 is 5.88. The zero-order chi connectivity index (χ0) is 18.8. The quantitative estimate of drug-likeness (QED) is 0.190. The average molecular weight is 356 g/mol. The Hall–Kier alpha value is -0.0800. The Labute approximate surface area is 159 Å². The Balaban J connectivity index is 3.23. The van der Waals surface area contributed by atoms with E-state index in [9.17, 15) is 0 Å². The van der Waals surface area contributed by atoms with Crippen LogP contribution in [0.3, 0.4) is 0 Å². The van der Waals surface area contributed by atoms with E-state index in [-0.39, 0.29) is 11.8 Å². The first-order valence-electron chi connectivity index (χ1n) is 11.4. The molecule has 1 atom stereocenters. The van der Waals surface area contributed by atoms with Gasteiger partial charge in [-0.3, -0.25) is 0 Å². The first-order valence-corrected chi connectivity index (χ1v) is 11.4. The third-order valence-electron chi connectivity index (χ3n) is 5.26. The van der Waals surface area contributed by atoms with Crippen LogP contribution in [0.1, 0.15) is 137 Å². The number of hydrogen-bond acceptors (Lipinski definition) is 2. The SMILES string of the molecule is CCCCCCCCCCCCCCCCCC(C)(C)OC(N)CC. The first kappa shape index (κ1) is 24.9. The Morgan fingerprint density at radius 3 is 1.36 bits per heavy atom. The van der Waals surface area contributed by atoms with Crippen molar-refractivity contribution in [3.05, 3.63) is 0 Å². The van der Waals surface area contributed by atoms with Crippen LogP contribution in [0.25, 0.3) is 0 Å². The highest BCUT2D eigenvalue weighted by Crippen LogP contribution is 2.21. The molecule has 152 valence electrons. The van der Waals surface area contributed by atoms with Gasteiger partial charge in [0.25, 0.3) is 0 Å². The molecule has 0 amide bonds. The highest BCUT2D eigenvalue weighted by atomic mass is 16.5. The van der Waals surface area contributed by atoms with Gasteiger partial charge in [-0.25, -0.2) is 0 Å². The third-order valence-corrected chi connectivity index (χ3v) is 5.26. The molecular weight excluding hydrogens is 306 g/mol. The fourth-order valence-corrected chi connectivity index (χ4v) is 3.47. The van der Waals surface area contributed by atoms with Crippen molar-refractivity contribution in [2.45, 2.75) is 149 Å². The van der Waals surface area contributed by atoms with Gasteiger partial charge < -0.3 is 10.5 Å². The molecule has 0 saturated carbocycles. The molecule has 0 aliphatic heterocycles. The molecule has 25 heavy (non-hydrogen) atoms. The molecule has 2 N–H and O–H groups in total. The summed E-state index contributed by atoms with van der Waals surface area (Å²) in [5, 5.41) is 0. The van der Waals surface area contributed by atoms with E-state index < -0.39 is 0 Å². The van der Waals surface area contributed by atoms with Crippen molar-refractivity contribution in [1.29, 1.82) is 0 Å². The van der Waals surface area contributed by atoms with E-state index >= 15 is 0 Å². The first-order chi connectivity index (χ1) is 12.0. The standard InChI is InChI=1S/C23H49NO/c1-5-7-8-9-10-11-12-13-14-15-16-17-18-19-20-21-23(3,4)25-22(24)6-2/h22H,5-21,24H2,1-4H3. The maximum atomic E-state index is 5.89. The van der Waals surface area contributed by atoms with E-state index in [0.717, 1.165) is 12.8 Å². The van der Waals surface area contributed by atoms with Gasteiger partial charge in [0, 0.05) is 0 Å². The van der Waals surface area contributed by atoms with E-state index in [4.69, 9.17) is 10.5 Å². The molecule has 0 aliphatic carbocycles. The van der Waals surface area contributed by atoms with Crippen molar-refractivity contribution in [3.8, 4) is 0 Å². The number of ether oxygens (including phenoxy) is 1. The molecule has 0 bridgehead atoms. The van der Waals surface area contributed by atoms with Gasteiger partial charge in [0.05, 0.1) is 5.60 Å². The second kappa shape index (κ2) is 17.3. The lowest BCUT2D eigenvalue weighted by Gasteiger charge is -2.28. The van der Waals surface area contributed by atoms with Crippen molar-refractivity contribution in [2.75, 3.05) is 0 Å². The molecule has 2 nitrogen and oxygen atoms in total. The topological polar surface area (TPSA) is 35.2 Å². The molecule has 0 aromatic heterocycles. The number of hydrogen-bond donors (Lipinski definition) is 1. The molecule has 0 spiro atoms. The lowest BCUT2D eigenvalue weighted by molar-refractivity contribution is -0.0755. The van der Waals surface area contributed by atoms with Crippen LogP contribution in [0.2, 0.25) is 0 Å². The van der Waals surface area contributed by atoms with E-state index in [2.05, 4.69) is 27.7 Å². The maximum absolute atomic E-state index is 5.89. The molecule has 0 heterocycles. The van der Waals surface area contributed by atoms with Crippen LogP contribution in [-0.4, -0.2) is 11.8 Å². The highest BCUT2D eigenvalue weighted by Gasteiger charge is 2.20. The van der Waals surface area contributed by atoms with E-state index in [1.807, 2.05) is 0 Å². The number of rotatable bonds is 19. The van der Waals surface area contributed by atoms with Gasteiger partial charge in [-0.05, 0) is 26.7 Å². The summed E-state index contributed by atoms with van der Waals surface area (Å²) in [6, 6.07) is 0. The van der Waals surface area contributed by atoms with Crippen molar-refractivity contribution in [2.24, 2.45) is 5.73 Å². The number of unbranched alkanes of at least 4 members (excludes halogenated alkanes) is 14. The molecule has 0 aliphatic rings. The smallest absolute Gasteiger partial charge is 0.106 e. The predicted molar refractivity (Wildman–Crippen MR) is 113 cm³/mol. The van der Waals surface area contributed by atoms with Crippen molar-refractivity contribution >= 4 is 0 Å². The van der Waals surface area contributed by atoms with Crippen LogP contribution >= 0.6 is 0 Å². The summed E-state index contributed by atoms with van der Waals surface area (Å²) in [6.07, 6.45) is 23.2. The van der Waals surface area contributed by atoms with Gasteiger partial charge in [-0.15, -0.1) is 0 Å². The minimum Gasteiger partial charge on any atom is -0.358 e. The Morgan fingerprint density at radius 1 is 0.640 bits per heavy atom. The Kier molecular flexibility index (Phi) is 17.3. The average Bonchev–Trinajstić information content (AvgIpc) is 2.57. The zero-order valence-electron chi connectivity index (χ0n) is 18.1. The maximum Gasteiger partial charge on any atom is 0.106 e. The number of nitrogens with two attached hydrogens (primary N) is 1. The van der Waals surface area contributed by atoms with Gasteiger partial charge >= 0.3 is 0 Å². The van der Waals surface area contributed by atoms with Crippen LogP contribution < -0.4 is 5.73 Å². The summed E-state index contributed by atoms with van der Waals surface area (Å²) in [7, 11) is 0. The van der Waals surface area contributed by atoms with E-state index in [1.54, 1.807) is 0 Å². The fourth-order valence-electron chi connectivity index (χ4n) is 3.47. The molecular formula is C23H49NO. The molecule has 0 aromatic carbocycles. The lowest BCUT2D eigenvalue weighted by atomic mass is 9.98. The molecule has 0 fully saturated rings. The summed E-state index contributed by atoms with van der Waals surface area (Å²) in [6.45, 7) is 8.71. The highest BCUT2D eigenvalue weighted by molar-refractivity contribution is 4.70. The fraction of sp³-hybridized carbons (Fsp3) is 1.00. The second-order valence-corrected chi connectivity index (χ2v) is 8.52. The van der Waals surface area contributed by atoms with Crippen LogP contribution in [-0.2, 0) is 4.74 Å². The Morgan fingerprint density at radius 2 is 1.00 bits per heavy atom. The zero-order valence-corrected chi connectivity index (χ0v) is 18.1. The molecule has 0 radical (unpaired) electrons. The molecule has 2 heteroatoms. The van der Waals surface area contributed by atoms with E-state index in [1.165, 1.54) is 96.3 Å². The summed E-state index contributed by atoms with van der Waals surface area (Å²) >= 11 is 0. The van der Waals surface area contributed by atoms with Crippen molar-refractivity contribution < 1.29 is 4.74 Å². The lowest BCUT2D eigenvalue weighted by Crippen LogP contribution is -2.35. The van der Waals surface area contributed by atoms with Gasteiger partial charge in [-0.1, -0.05) is 110 Å². The van der Waals surface area contributed by atoms with Gasteiger partial charge in [0.2, 0.25) is 0 Å². The van der Waals surface area contributed by atoms with Crippen molar-refractivity contribution in [1.82, 2.24) is 0 Å². The van der Waals surface area contributed by atoms with Crippen LogP contribution in [0.5, 0.6) is 0 Å². The second-order valence-electron chi connectivity index (χ2n) is 8.52. The van der Waals surface area contributed by atoms with Gasteiger partial charge in [-0.2, -0.15) is 0 Å². The van der Waals surface area contributed by atoms with Crippen LogP contribution in [0.4, 0.5) is 0 Å². The van der Waals surface area contributed by atoms with Gasteiger partial charge in [0.15, 0.2) is 0 Å². The minimum atomic E-state index is -0.105. The molecule has 0 saturated heterocycles. The minimum absolute atomic E-state index is 0.0635. The summed E-state index contributed by atoms with van der Waals surface area (Å²) in [4.78, 5) is 0. The molecule has 1 unspecified atom stereocenters. The normalized spacial score (nSPS) is 13.3. The molecule has 0 aromatic rings. The molecule has 0 rings (SSSR count).